The summed E-state index contributed by atoms with van der Waals surface area (Å²) in [6.45, 7) is 2.24. The number of H-pyrrole nitrogens is 1. The standard InChI is InChI=1S/C19H22N4O3/c24-17-7-6-16(21-17)19(26)23-9-3-8-22(10-11-23)18(25)14-12-20-15-5-2-1-4-13(14)15/h1-2,4-5,12,16,20H,3,6-11H2,(H,21,24). The van der Waals surface area contributed by atoms with Crippen molar-refractivity contribution in [3.05, 3.63) is 36.0 Å². The monoisotopic (exact) mass is 354 g/mol. The lowest BCUT2D eigenvalue weighted by molar-refractivity contribution is -0.134. The molecule has 2 aliphatic heterocycles. The summed E-state index contributed by atoms with van der Waals surface area (Å²) in [7, 11) is 0. The van der Waals surface area contributed by atoms with Crippen molar-refractivity contribution in [1.29, 1.82) is 0 Å². The second kappa shape index (κ2) is 6.82. The molecule has 7 heteroatoms. The molecule has 3 heterocycles. The maximum atomic E-state index is 12.9. The number of hydrogen-bond acceptors (Lipinski definition) is 3. The smallest absolute Gasteiger partial charge is 0.256 e. The summed E-state index contributed by atoms with van der Waals surface area (Å²) >= 11 is 0. The van der Waals surface area contributed by atoms with Crippen molar-refractivity contribution in [2.75, 3.05) is 26.2 Å². The number of benzene rings is 1. The molecule has 3 amide bonds. The first-order valence-electron chi connectivity index (χ1n) is 9.07. The van der Waals surface area contributed by atoms with Crippen LogP contribution in [-0.4, -0.2) is 64.7 Å². The van der Waals surface area contributed by atoms with Gasteiger partial charge in [0.25, 0.3) is 5.91 Å². The third-order valence-electron chi connectivity index (χ3n) is 5.21. The summed E-state index contributed by atoms with van der Waals surface area (Å²) in [4.78, 5) is 43.6. The fourth-order valence-corrected chi connectivity index (χ4v) is 3.78. The van der Waals surface area contributed by atoms with Crippen molar-refractivity contribution in [2.45, 2.75) is 25.3 Å². The molecule has 7 nitrogen and oxygen atoms in total. The van der Waals surface area contributed by atoms with E-state index in [0.29, 0.717) is 44.6 Å². The van der Waals surface area contributed by atoms with Gasteiger partial charge in [-0.25, -0.2) is 0 Å². The van der Waals surface area contributed by atoms with E-state index in [4.69, 9.17) is 0 Å². The first kappa shape index (κ1) is 16.6. The first-order chi connectivity index (χ1) is 12.6. The molecule has 0 saturated carbocycles. The van der Waals surface area contributed by atoms with E-state index in [1.54, 1.807) is 11.1 Å². The Morgan fingerprint density at radius 3 is 2.62 bits per heavy atom. The minimum Gasteiger partial charge on any atom is -0.360 e. The number of amides is 3. The number of hydrogen-bond donors (Lipinski definition) is 2. The van der Waals surface area contributed by atoms with E-state index in [9.17, 15) is 14.4 Å². The predicted molar refractivity (Wildman–Crippen MR) is 96.6 cm³/mol. The van der Waals surface area contributed by atoms with Crippen LogP contribution in [0, 0.1) is 0 Å². The maximum absolute atomic E-state index is 12.9. The van der Waals surface area contributed by atoms with Crippen LogP contribution in [0.25, 0.3) is 10.9 Å². The molecule has 2 aromatic rings. The Balaban J connectivity index is 1.44. The van der Waals surface area contributed by atoms with Gasteiger partial charge >= 0.3 is 0 Å². The van der Waals surface area contributed by atoms with Crippen molar-refractivity contribution >= 4 is 28.6 Å². The molecule has 2 fully saturated rings. The van der Waals surface area contributed by atoms with E-state index in [-0.39, 0.29) is 17.7 Å². The number of nitrogens with zero attached hydrogens (tertiary/aromatic N) is 2. The molecule has 0 bridgehead atoms. The van der Waals surface area contributed by atoms with Crippen molar-refractivity contribution in [2.24, 2.45) is 0 Å². The second-order valence-corrected chi connectivity index (χ2v) is 6.88. The highest BCUT2D eigenvalue weighted by molar-refractivity contribution is 6.06. The highest BCUT2D eigenvalue weighted by atomic mass is 16.2. The number of para-hydroxylation sites is 1. The van der Waals surface area contributed by atoms with E-state index in [1.165, 1.54) is 0 Å². The Kier molecular flexibility index (Phi) is 4.36. The highest BCUT2D eigenvalue weighted by Crippen LogP contribution is 2.20. The number of aromatic nitrogens is 1. The summed E-state index contributed by atoms with van der Waals surface area (Å²) in [6, 6.07) is 7.34. The Hall–Kier alpha value is -2.83. The van der Waals surface area contributed by atoms with Crippen LogP contribution in [0.1, 0.15) is 29.6 Å². The summed E-state index contributed by atoms with van der Waals surface area (Å²) in [5.74, 6) is -0.0996. The summed E-state index contributed by atoms with van der Waals surface area (Å²) in [5.41, 5.74) is 1.61. The van der Waals surface area contributed by atoms with Crippen molar-refractivity contribution in [1.82, 2.24) is 20.1 Å². The largest absolute Gasteiger partial charge is 0.360 e. The molecular weight excluding hydrogens is 332 g/mol. The quantitative estimate of drug-likeness (QED) is 0.847. The fraction of sp³-hybridized carbons (Fsp3) is 0.421. The molecule has 2 aliphatic rings. The van der Waals surface area contributed by atoms with Gasteiger partial charge in [-0.1, -0.05) is 18.2 Å². The number of aromatic amines is 1. The van der Waals surface area contributed by atoms with Crippen LogP contribution in [0.4, 0.5) is 0 Å². The fourth-order valence-electron chi connectivity index (χ4n) is 3.78. The van der Waals surface area contributed by atoms with E-state index >= 15 is 0 Å². The van der Waals surface area contributed by atoms with E-state index in [0.717, 1.165) is 17.3 Å². The van der Waals surface area contributed by atoms with E-state index in [1.807, 2.05) is 29.2 Å². The molecule has 0 radical (unpaired) electrons. The Labute approximate surface area is 151 Å². The third-order valence-corrected chi connectivity index (χ3v) is 5.21. The van der Waals surface area contributed by atoms with E-state index < -0.39 is 6.04 Å². The Bertz CT molecular complexity index is 859. The zero-order valence-corrected chi connectivity index (χ0v) is 14.5. The lowest BCUT2D eigenvalue weighted by Gasteiger charge is -2.24. The molecule has 1 aromatic heterocycles. The maximum Gasteiger partial charge on any atom is 0.256 e. The van der Waals surface area contributed by atoms with E-state index in [2.05, 4.69) is 10.3 Å². The molecule has 4 rings (SSSR count). The molecule has 2 N–H and O–H groups in total. The average molecular weight is 354 g/mol. The van der Waals surface area contributed by atoms with Crippen molar-refractivity contribution in [3.8, 4) is 0 Å². The summed E-state index contributed by atoms with van der Waals surface area (Å²) in [6.07, 6.45) is 3.47. The van der Waals surface area contributed by atoms with Gasteiger partial charge in [0.15, 0.2) is 0 Å². The lowest BCUT2D eigenvalue weighted by Crippen LogP contribution is -2.46. The van der Waals surface area contributed by atoms with Gasteiger partial charge in [0, 0.05) is 49.7 Å². The Morgan fingerprint density at radius 1 is 1.04 bits per heavy atom. The number of fused-ring (bicyclic) bond motifs is 1. The van der Waals surface area contributed by atoms with Gasteiger partial charge < -0.3 is 20.1 Å². The van der Waals surface area contributed by atoms with Crippen molar-refractivity contribution in [3.63, 3.8) is 0 Å². The summed E-state index contributed by atoms with van der Waals surface area (Å²) in [5, 5.41) is 3.65. The number of nitrogens with one attached hydrogen (secondary N) is 2. The first-order valence-corrected chi connectivity index (χ1v) is 9.07. The van der Waals surface area contributed by atoms with Crippen LogP contribution in [0.2, 0.25) is 0 Å². The molecule has 26 heavy (non-hydrogen) atoms. The molecule has 0 spiro atoms. The van der Waals surface area contributed by atoms with Gasteiger partial charge in [-0.05, 0) is 18.9 Å². The number of carbonyl (C=O) groups excluding carboxylic acids is 3. The zero-order valence-electron chi connectivity index (χ0n) is 14.5. The van der Waals surface area contributed by atoms with Gasteiger partial charge in [0.05, 0.1) is 5.56 Å². The number of rotatable bonds is 2. The van der Waals surface area contributed by atoms with Crippen LogP contribution in [0.3, 0.4) is 0 Å². The predicted octanol–water partition coefficient (Wildman–Crippen LogP) is 1.12. The third kappa shape index (κ3) is 3.05. The minimum absolute atomic E-state index is 0.00841. The average Bonchev–Trinajstić information content (AvgIpc) is 3.19. The van der Waals surface area contributed by atoms with Gasteiger partial charge in [-0.2, -0.15) is 0 Å². The topological polar surface area (TPSA) is 85.5 Å². The number of carbonyl (C=O) groups is 3. The SMILES string of the molecule is O=C1CCC(C(=O)N2CCCN(C(=O)c3c[nH]c4ccccc34)CC2)N1. The van der Waals surface area contributed by atoms with Crippen LogP contribution < -0.4 is 5.32 Å². The minimum atomic E-state index is -0.404. The molecule has 136 valence electrons. The van der Waals surface area contributed by atoms with Gasteiger partial charge in [-0.15, -0.1) is 0 Å². The van der Waals surface area contributed by atoms with Gasteiger partial charge in [0.1, 0.15) is 6.04 Å². The lowest BCUT2D eigenvalue weighted by atomic mass is 10.1. The van der Waals surface area contributed by atoms with Gasteiger partial charge in [-0.3, -0.25) is 14.4 Å². The molecule has 1 aromatic carbocycles. The highest BCUT2D eigenvalue weighted by Gasteiger charge is 2.32. The van der Waals surface area contributed by atoms with Crippen LogP contribution in [0.15, 0.2) is 30.5 Å². The molecule has 1 unspecified atom stereocenters. The normalized spacial score (nSPS) is 20.9. The van der Waals surface area contributed by atoms with Crippen LogP contribution >= 0.6 is 0 Å². The summed E-state index contributed by atoms with van der Waals surface area (Å²) < 4.78 is 0. The van der Waals surface area contributed by atoms with Gasteiger partial charge in [0.2, 0.25) is 11.8 Å². The second-order valence-electron chi connectivity index (χ2n) is 6.88. The molecule has 0 aliphatic carbocycles. The van der Waals surface area contributed by atoms with Crippen LogP contribution in [-0.2, 0) is 9.59 Å². The molecular formula is C19H22N4O3. The van der Waals surface area contributed by atoms with Crippen LogP contribution in [0.5, 0.6) is 0 Å². The van der Waals surface area contributed by atoms with Crippen molar-refractivity contribution < 1.29 is 14.4 Å². The molecule has 2 saturated heterocycles. The Morgan fingerprint density at radius 2 is 1.81 bits per heavy atom. The molecule has 1 atom stereocenters. The zero-order chi connectivity index (χ0) is 18.1.